The Morgan fingerprint density at radius 3 is 1.22 bits per heavy atom. The van der Waals surface area contributed by atoms with Crippen molar-refractivity contribution in [1.82, 2.24) is 19.9 Å². The molecule has 0 atom stereocenters. The van der Waals surface area contributed by atoms with Crippen LogP contribution in [0.2, 0.25) is 0 Å². The van der Waals surface area contributed by atoms with Gasteiger partial charge < -0.3 is 0 Å². The van der Waals surface area contributed by atoms with Gasteiger partial charge in [-0.15, -0.1) is 0 Å². The van der Waals surface area contributed by atoms with Gasteiger partial charge in [0.15, 0.2) is 17.5 Å². The third-order valence-corrected chi connectivity index (χ3v) is 9.65. The molecular weight excluding hydrogens is 657 g/mol. The monoisotopic (exact) mass is 690 g/mol. The lowest BCUT2D eigenvalue weighted by Gasteiger charge is -2.19. The normalized spacial score (nSPS) is 11.0. The Balaban J connectivity index is 1.21. The number of aromatic nitrogens is 4. The quantitative estimate of drug-likeness (QED) is 0.159. The zero-order chi connectivity index (χ0) is 36.1. The molecule has 0 saturated carbocycles. The van der Waals surface area contributed by atoms with Crippen LogP contribution in [0.3, 0.4) is 0 Å². The van der Waals surface area contributed by atoms with E-state index in [1.165, 1.54) is 27.8 Å². The summed E-state index contributed by atoms with van der Waals surface area (Å²) in [7, 11) is 0. The molecule has 0 fully saturated rings. The zero-order valence-corrected chi connectivity index (χ0v) is 29.4. The van der Waals surface area contributed by atoms with Gasteiger partial charge in [0, 0.05) is 34.6 Å². The van der Waals surface area contributed by atoms with E-state index in [0.29, 0.717) is 17.5 Å². The zero-order valence-electron chi connectivity index (χ0n) is 29.4. The Kier molecular flexibility index (Phi) is 8.90. The SMILES string of the molecule is c1ccc(-c2cc(-c3ccccc3)c(-c3ccc(-c4nc(-c5ccccc5)nc(-c5ccccc5-c5cccnc5)n4)cc3)c(-c3ccccc3)c2)cc1. The minimum absolute atomic E-state index is 0.608. The van der Waals surface area contributed by atoms with Gasteiger partial charge in [0.05, 0.1) is 0 Å². The first-order valence-corrected chi connectivity index (χ1v) is 18.0. The molecule has 0 aliphatic heterocycles. The molecule has 0 saturated heterocycles. The fourth-order valence-electron chi connectivity index (χ4n) is 7.02. The molecule has 4 heteroatoms. The van der Waals surface area contributed by atoms with Crippen LogP contribution in [-0.2, 0) is 0 Å². The third kappa shape index (κ3) is 6.60. The van der Waals surface area contributed by atoms with Crippen molar-refractivity contribution in [3.63, 3.8) is 0 Å². The number of rotatable bonds is 8. The van der Waals surface area contributed by atoms with Gasteiger partial charge in [-0.1, -0.05) is 176 Å². The van der Waals surface area contributed by atoms with Crippen LogP contribution in [0.5, 0.6) is 0 Å². The van der Waals surface area contributed by atoms with E-state index in [9.17, 15) is 0 Å². The summed E-state index contributed by atoms with van der Waals surface area (Å²) in [4.78, 5) is 19.6. The van der Waals surface area contributed by atoms with Crippen LogP contribution in [0.25, 0.3) is 89.8 Å². The van der Waals surface area contributed by atoms with E-state index in [1.807, 2.05) is 54.7 Å². The maximum absolute atomic E-state index is 5.12. The molecule has 0 radical (unpaired) electrons. The number of pyridine rings is 1. The Morgan fingerprint density at radius 1 is 0.259 bits per heavy atom. The van der Waals surface area contributed by atoms with Crippen LogP contribution in [0.4, 0.5) is 0 Å². The summed E-state index contributed by atoms with van der Waals surface area (Å²) in [5.74, 6) is 1.84. The lowest BCUT2D eigenvalue weighted by molar-refractivity contribution is 1.07. The molecule has 2 heterocycles. The Morgan fingerprint density at radius 2 is 0.685 bits per heavy atom. The molecule has 0 spiro atoms. The fraction of sp³-hybridized carbons (Fsp3) is 0. The van der Waals surface area contributed by atoms with Gasteiger partial charge in [-0.2, -0.15) is 0 Å². The average Bonchev–Trinajstić information content (AvgIpc) is 3.27. The average molecular weight is 691 g/mol. The predicted octanol–water partition coefficient (Wildman–Crippen LogP) is 12.6. The standard InChI is InChI=1S/C50H34N4/c1-5-16-35(17-6-1)42-32-45(36-18-7-2-8-19-36)47(46(33-42)37-20-9-3-10-21-37)38-27-29-40(30-28-38)49-52-48(39-22-11-4-12-23-39)53-50(54-49)44-26-14-13-25-43(44)41-24-15-31-51-34-41/h1-34H. The molecule has 2 aromatic heterocycles. The topological polar surface area (TPSA) is 51.6 Å². The molecule has 0 unspecified atom stereocenters. The molecule has 0 N–H and O–H groups in total. The number of hydrogen-bond donors (Lipinski definition) is 0. The first-order chi connectivity index (χ1) is 26.8. The van der Waals surface area contributed by atoms with Crippen LogP contribution in [0.15, 0.2) is 207 Å². The van der Waals surface area contributed by atoms with E-state index in [2.05, 4.69) is 151 Å². The van der Waals surface area contributed by atoms with Crippen molar-refractivity contribution in [2.24, 2.45) is 0 Å². The third-order valence-electron chi connectivity index (χ3n) is 9.65. The van der Waals surface area contributed by atoms with Crippen LogP contribution in [0, 0.1) is 0 Å². The number of nitrogens with zero attached hydrogens (tertiary/aromatic N) is 4. The minimum Gasteiger partial charge on any atom is -0.264 e. The van der Waals surface area contributed by atoms with E-state index in [-0.39, 0.29) is 0 Å². The van der Waals surface area contributed by atoms with Crippen molar-refractivity contribution in [1.29, 1.82) is 0 Å². The summed E-state index contributed by atoms with van der Waals surface area (Å²) in [5, 5.41) is 0. The summed E-state index contributed by atoms with van der Waals surface area (Å²) in [6, 6.07) is 67.5. The molecule has 9 aromatic rings. The minimum atomic E-state index is 0.608. The van der Waals surface area contributed by atoms with E-state index in [1.54, 1.807) is 6.20 Å². The molecule has 0 bridgehead atoms. The fourth-order valence-corrected chi connectivity index (χ4v) is 7.02. The van der Waals surface area contributed by atoms with Crippen LogP contribution in [-0.4, -0.2) is 19.9 Å². The second kappa shape index (κ2) is 14.7. The van der Waals surface area contributed by atoms with E-state index in [4.69, 9.17) is 15.0 Å². The van der Waals surface area contributed by atoms with Gasteiger partial charge in [-0.05, 0) is 68.3 Å². The van der Waals surface area contributed by atoms with Gasteiger partial charge in [0.2, 0.25) is 0 Å². The lowest BCUT2D eigenvalue weighted by atomic mass is 9.84. The smallest absolute Gasteiger partial charge is 0.164 e. The molecule has 9 rings (SSSR count). The van der Waals surface area contributed by atoms with Crippen molar-refractivity contribution >= 4 is 0 Å². The molecule has 54 heavy (non-hydrogen) atoms. The number of benzene rings is 7. The van der Waals surface area contributed by atoms with Gasteiger partial charge in [0.1, 0.15) is 0 Å². The van der Waals surface area contributed by atoms with Gasteiger partial charge in [-0.3, -0.25) is 4.98 Å². The highest BCUT2D eigenvalue weighted by atomic mass is 15.0. The summed E-state index contributed by atoms with van der Waals surface area (Å²) < 4.78 is 0. The van der Waals surface area contributed by atoms with Gasteiger partial charge in [-0.25, -0.2) is 15.0 Å². The Hall–Kier alpha value is -7.30. The van der Waals surface area contributed by atoms with E-state index in [0.717, 1.165) is 44.5 Å². The van der Waals surface area contributed by atoms with Gasteiger partial charge >= 0.3 is 0 Å². The van der Waals surface area contributed by atoms with Gasteiger partial charge in [0.25, 0.3) is 0 Å². The second-order valence-corrected chi connectivity index (χ2v) is 13.1. The highest BCUT2D eigenvalue weighted by Gasteiger charge is 2.19. The largest absolute Gasteiger partial charge is 0.264 e. The van der Waals surface area contributed by atoms with Crippen LogP contribution in [0.1, 0.15) is 0 Å². The highest BCUT2D eigenvalue weighted by Crippen LogP contribution is 2.44. The van der Waals surface area contributed by atoms with Crippen molar-refractivity contribution in [3.05, 3.63) is 207 Å². The van der Waals surface area contributed by atoms with Crippen molar-refractivity contribution in [2.45, 2.75) is 0 Å². The molecule has 0 aliphatic rings. The number of hydrogen-bond acceptors (Lipinski definition) is 4. The van der Waals surface area contributed by atoms with E-state index < -0.39 is 0 Å². The highest BCUT2D eigenvalue weighted by molar-refractivity contribution is 5.98. The molecule has 7 aromatic carbocycles. The van der Waals surface area contributed by atoms with Crippen LogP contribution >= 0.6 is 0 Å². The second-order valence-electron chi connectivity index (χ2n) is 13.1. The van der Waals surface area contributed by atoms with Crippen molar-refractivity contribution in [2.75, 3.05) is 0 Å². The predicted molar refractivity (Wildman–Crippen MR) is 221 cm³/mol. The lowest BCUT2D eigenvalue weighted by Crippen LogP contribution is -2.01. The molecule has 0 aliphatic carbocycles. The summed E-state index contributed by atoms with van der Waals surface area (Å²) in [6.07, 6.45) is 3.66. The maximum Gasteiger partial charge on any atom is 0.164 e. The Labute approximate surface area is 315 Å². The maximum atomic E-state index is 5.12. The van der Waals surface area contributed by atoms with Crippen molar-refractivity contribution < 1.29 is 0 Å². The molecule has 254 valence electrons. The summed E-state index contributed by atoms with van der Waals surface area (Å²) in [6.45, 7) is 0. The molecule has 4 nitrogen and oxygen atoms in total. The van der Waals surface area contributed by atoms with E-state index >= 15 is 0 Å². The summed E-state index contributed by atoms with van der Waals surface area (Å²) >= 11 is 0. The van der Waals surface area contributed by atoms with Crippen LogP contribution < -0.4 is 0 Å². The summed E-state index contributed by atoms with van der Waals surface area (Å²) in [5.41, 5.74) is 14.1. The molecule has 0 amide bonds. The first kappa shape index (κ1) is 32.6. The first-order valence-electron chi connectivity index (χ1n) is 18.0. The Bertz CT molecular complexity index is 2600. The molecular formula is C50H34N4. The van der Waals surface area contributed by atoms with Crippen molar-refractivity contribution in [3.8, 4) is 89.8 Å².